The highest BCUT2D eigenvalue weighted by molar-refractivity contribution is 5.83. The van der Waals surface area contributed by atoms with E-state index >= 15 is 0 Å². The van der Waals surface area contributed by atoms with Crippen molar-refractivity contribution in [3.63, 3.8) is 0 Å². The lowest BCUT2D eigenvalue weighted by Crippen LogP contribution is -2.47. The van der Waals surface area contributed by atoms with E-state index < -0.39 is 0 Å². The summed E-state index contributed by atoms with van der Waals surface area (Å²) in [5.74, 6) is 1.04. The number of piperazine rings is 1. The van der Waals surface area contributed by atoms with Gasteiger partial charge in [0.25, 0.3) is 5.56 Å². The molecule has 0 aliphatic carbocycles. The molecule has 2 aliphatic heterocycles. The monoisotopic (exact) mass is 360 g/mol. The van der Waals surface area contributed by atoms with Gasteiger partial charge in [-0.05, 0) is 42.0 Å². The van der Waals surface area contributed by atoms with E-state index in [4.69, 9.17) is 0 Å². The number of anilines is 1. The standard InChI is InChI=1S/C22H24N4O/c27-22-19(15-18-6-3-5-17-7-4-10-26(22)21(17)18)16-24-11-13-25(14-12-24)20-8-1-2-9-23-20/h1-3,5-6,8-9,15H,4,7,10-14,16H2. The fourth-order valence-corrected chi connectivity index (χ4v) is 4.45. The van der Waals surface area contributed by atoms with Gasteiger partial charge in [-0.15, -0.1) is 0 Å². The number of aromatic nitrogens is 2. The van der Waals surface area contributed by atoms with Gasteiger partial charge in [-0.2, -0.15) is 0 Å². The van der Waals surface area contributed by atoms with E-state index in [-0.39, 0.29) is 5.56 Å². The number of pyridine rings is 2. The zero-order valence-corrected chi connectivity index (χ0v) is 15.5. The Morgan fingerprint density at radius 2 is 1.85 bits per heavy atom. The summed E-state index contributed by atoms with van der Waals surface area (Å²) in [6.45, 7) is 5.37. The van der Waals surface area contributed by atoms with Gasteiger partial charge in [0.15, 0.2) is 0 Å². The molecule has 5 heteroatoms. The summed E-state index contributed by atoms with van der Waals surface area (Å²) in [4.78, 5) is 22.2. The largest absolute Gasteiger partial charge is 0.354 e. The molecule has 1 aromatic carbocycles. The molecule has 138 valence electrons. The van der Waals surface area contributed by atoms with Crippen molar-refractivity contribution in [3.8, 4) is 0 Å². The van der Waals surface area contributed by atoms with E-state index in [9.17, 15) is 4.79 Å². The van der Waals surface area contributed by atoms with Crippen LogP contribution in [0, 0.1) is 0 Å². The number of hydrogen-bond donors (Lipinski definition) is 0. The van der Waals surface area contributed by atoms with Gasteiger partial charge in [0.05, 0.1) is 5.52 Å². The second kappa shape index (κ2) is 6.82. The molecule has 0 spiro atoms. The minimum atomic E-state index is 0.196. The third-order valence-corrected chi connectivity index (χ3v) is 5.84. The molecular formula is C22H24N4O. The van der Waals surface area contributed by atoms with Crippen molar-refractivity contribution in [1.82, 2.24) is 14.5 Å². The van der Waals surface area contributed by atoms with Gasteiger partial charge in [-0.3, -0.25) is 9.69 Å². The molecule has 3 aromatic rings. The fraction of sp³-hybridized carbons (Fsp3) is 0.364. The second-order valence-electron chi connectivity index (χ2n) is 7.54. The molecule has 2 aromatic heterocycles. The zero-order chi connectivity index (χ0) is 18.2. The first-order valence-electron chi connectivity index (χ1n) is 9.82. The average molecular weight is 360 g/mol. The Morgan fingerprint density at radius 3 is 2.67 bits per heavy atom. The van der Waals surface area contributed by atoms with Crippen LogP contribution in [0.15, 0.2) is 53.5 Å². The summed E-state index contributed by atoms with van der Waals surface area (Å²) in [6, 6.07) is 14.6. The molecule has 0 radical (unpaired) electrons. The van der Waals surface area contributed by atoms with Crippen molar-refractivity contribution >= 4 is 16.7 Å². The summed E-state index contributed by atoms with van der Waals surface area (Å²) in [7, 11) is 0. The predicted octanol–water partition coefficient (Wildman–Crippen LogP) is 2.66. The number of para-hydroxylation sites is 1. The number of benzene rings is 1. The van der Waals surface area contributed by atoms with Gasteiger partial charge in [0.1, 0.15) is 5.82 Å². The van der Waals surface area contributed by atoms with E-state index in [2.05, 4.69) is 45.1 Å². The van der Waals surface area contributed by atoms with E-state index in [0.29, 0.717) is 0 Å². The van der Waals surface area contributed by atoms with E-state index in [0.717, 1.165) is 69.0 Å². The molecule has 1 fully saturated rings. The van der Waals surface area contributed by atoms with Crippen LogP contribution in [0.4, 0.5) is 5.82 Å². The molecule has 4 heterocycles. The Kier molecular flexibility index (Phi) is 4.17. The van der Waals surface area contributed by atoms with Crippen molar-refractivity contribution in [2.24, 2.45) is 0 Å². The molecule has 5 nitrogen and oxygen atoms in total. The molecule has 27 heavy (non-hydrogen) atoms. The summed E-state index contributed by atoms with van der Waals surface area (Å²) in [6.07, 6.45) is 3.97. The van der Waals surface area contributed by atoms with Gasteiger partial charge in [0, 0.05) is 51.0 Å². The Hall–Kier alpha value is -2.66. The van der Waals surface area contributed by atoms with Gasteiger partial charge >= 0.3 is 0 Å². The SMILES string of the molecule is O=c1c(CN2CCN(c3ccccn3)CC2)cc2cccc3c2n1CCC3. The van der Waals surface area contributed by atoms with Crippen LogP contribution in [-0.4, -0.2) is 40.6 Å². The summed E-state index contributed by atoms with van der Waals surface area (Å²) in [5, 5.41) is 1.20. The fourth-order valence-electron chi connectivity index (χ4n) is 4.45. The molecule has 1 saturated heterocycles. The topological polar surface area (TPSA) is 41.4 Å². The highest BCUT2D eigenvalue weighted by Gasteiger charge is 2.21. The second-order valence-corrected chi connectivity index (χ2v) is 7.54. The van der Waals surface area contributed by atoms with Gasteiger partial charge in [-0.25, -0.2) is 4.98 Å². The molecule has 0 unspecified atom stereocenters. The lowest BCUT2D eigenvalue weighted by molar-refractivity contribution is 0.248. The van der Waals surface area contributed by atoms with Crippen LogP contribution in [0.25, 0.3) is 10.9 Å². The highest BCUT2D eigenvalue weighted by atomic mass is 16.1. The lowest BCUT2D eigenvalue weighted by Gasteiger charge is -2.35. The molecule has 0 saturated carbocycles. The Morgan fingerprint density at radius 1 is 0.963 bits per heavy atom. The van der Waals surface area contributed by atoms with Crippen molar-refractivity contribution in [2.75, 3.05) is 31.1 Å². The maximum absolute atomic E-state index is 13.1. The first kappa shape index (κ1) is 16.5. The number of hydrogen-bond acceptors (Lipinski definition) is 4. The number of nitrogens with zero attached hydrogens (tertiary/aromatic N) is 4. The predicted molar refractivity (Wildman–Crippen MR) is 108 cm³/mol. The number of aryl methyl sites for hydroxylation is 2. The summed E-state index contributed by atoms with van der Waals surface area (Å²) >= 11 is 0. The number of rotatable bonds is 3. The van der Waals surface area contributed by atoms with E-state index in [1.807, 2.05) is 22.9 Å². The zero-order valence-electron chi connectivity index (χ0n) is 15.5. The quantitative estimate of drug-likeness (QED) is 0.720. The molecule has 0 bridgehead atoms. The third-order valence-electron chi connectivity index (χ3n) is 5.84. The van der Waals surface area contributed by atoms with Gasteiger partial charge in [-0.1, -0.05) is 24.3 Å². The minimum Gasteiger partial charge on any atom is -0.354 e. The molecule has 0 atom stereocenters. The van der Waals surface area contributed by atoms with Crippen LogP contribution >= 0.6 is 0 Å². The van der Waals surface area contributed by atoms with Crippen LogP contribution in [0.1, 0.15) is 17.5 Å². The lowest BCUT2D eigenvalue weighted by atomic mass is 10.00. The Labute approximate surface area is 158 Å². The minimum absolute atomic E-state index is 0.196. The molecule has 0 amide bonds. The Balaban J connectivity index is 1.37. The average Bonchev–Trinajstić information content (AvgIpc) is 2.73. The Bertz CT molecular complexity index is 1020. The maximum Gasteiger partial charge on any atom is 0.255 e. The maximum atomic E-state index is 13.1. The van der Waals surface area contributed by atoms with Crippen LogP contribution in [0.3, 0.4) is 0 Å². The van der Waals surface area contributed by atoms with Gasteiger partial charge < -0.3 is 9.47 Å². The smallest absolute Gasteiger partial charge is 0.255 e. The van der Waals surface area contributed by atoms with Crippen molar-refractivity contribution in [1.29, 1.82) is 0 Å². The van der Waals surface area contributed by atoms with Crippen molar-refractivity contribution in [2.45, 2.75) is 25.9 Å². The van der Waals surface area contributed by atoms with Crippen LogP contribution < -0.4 is 10.5 Å². The summed E-state index contributed by atoms with van der Waals surface area (Å²) < 4.78 is 2.01. The van der Waals surface area contributed by atoms with Gasteiger partial charge in [0.2, 0.25) is 0 Å². The van der Waals surface area contributed by atoms with Crippen molar-refractivity contribution < 1.29 is 0 Å². The van der Waals surface area contributed by atoms with Crippen LogP contribution in [-0.2, 0) is 19.5 Å². The van der Waals surface area contributed by atoms with E-state index in [1.165, 1.54) is 10.9 Å². The molecule has 2 aliphatic rings. The highest BCUT2D eigenvalue weighted by Crippen LogP contribution is 2.24. The summed E-state index contributed by atoms with van der Waals surface area (Å²) in [5.41, 5.74) is 3.58. The van der Waals surface area contributed by atoms with Crippen molar-refractivity contribution in [3.05, 3.63) is 70.1 Å². The normalized spacial score (nSPS) is 17.4. The molecular weight excluding hydrogens is 336 g/mol. The van der Waals surface area contributed by atoms with Crippen LogP contribution in [0.5, 0.6) is 0 Å². The van der Waals surface area contributed by atoms with Crippen LogP contribution in [0.2, 0.25) is 0 Å². The third kappa shape index (κ3) is 3.02. The first-order valence-corrected chi connectivity index (χ1v) is 9.82. The van der Waals surface area contributed by atoms with E-state index in [1.54, 1.807) is 0 Å². The first-order chi connectivity index (χ1) is 13.3. The molecule has 5 rings (SSSR count). The molecule has 0 N–H and O–H groups in total.